The van der Waals surface area contributed by atoms with E-state index in [4.69, 9.17) is 9.47 Å². The number of nitrogens with zero attached hydrogens (tertiary/aromatic N) is 1. The highest BCUT2D eigenvalue weighted by molar-refractivity contribution is 6.46. The molecule has 0 spiro atoms. The van der Waals surface area contributed by atoms with E-state index in [1.54, 1.807) is 18.2 Å². The van der Waals surface area contributed by atoms with Crippen molar-refractivity contribution in [2.24, 2.45) is 0 Å². The minimum absolute atomic E-state index is 0.117. The van der Waals surface area contributed by atoms with E-state index in [1.807, 2.05) is 64.1 Å². The molecule has 2 aliphatic rings. The largest absolute Gasteiger partial charge is 0.454 e. The van der Waals surface area contributed by atoms with E-state index >= 15 is 0 Å². The van der Waals surface area contributed by atoms with Crippen LogP contribution in [-0.2, 0) is 9.59 Å². The molecule has 0 saturated heterocycles. The molecule has 0 radical (unpaired) electrons. The average Bonchev–Trinajstić information content (AvgIpc) is 3.33. The Morgan fingerprint density at radius 3 is 2.30 bits per heavy atom. The molecule has 6 nitrogen and oxygen atoms in total. The van der Waals surface area contributed by atoms with Gasteiger partial charge in [0.15, 0.2) is 11.5 Å². The van der Waals surface area contributed by atoms with Crippen LogP contribution in [0.2, 0.25) is 0 Å². The number of carbonyl (C=O) groups excluding carboxylic acids is 2. The molecule has 0 unspecified atom stereocenters. The third-order valence-corrected chi connectivity index (χ3v) is 6.13. The summed E-state index contributed by atoms with van der Waals surface area (Å²) in [5.41, 5.74) is 6.80. The number of hydrogen-bond donors (Lipinski definition) is 1. The van der Waals surface area contributed by atoms with Gasteiger partial charge in [-0.1, -0.05) is 29.8 Å². The zero-order chi connectivity index (χ0) is 23.3. The number of fused-ring (bicyclic) bond motifs is 1. The molecule has 2 aliphatic heterocycles. The topological polar surface area (TPSA) is 67.9 Å². The Balaban J connectivity index is 1.63. The third-order valence-electron chi connectivity index (χ3n) is 6.13. The van der Waals surface area contributed by atoms with Gasteiger partial charge >= 0.3 is 0 Å². The molecule has 0 bridgehead atoms. The van der Waals surface area contributed by atoms with Gasteiger partial charge in [-0.2, -0.15) is 0 Å². The molecule has 1 N–H and O–H groups in total. The normalized spacial score (nSPS) is 15.0. The smallest absolute Gasteiger partial charge is 0.282 e. The van der Waals surface area contributed by atoms with Gasteiger partial charge in [0.2, 0.25) is 6.79 Å². The summed E-state index contributed by atoms with van der Waals surface area (Å²) in [4.78, 5) is 28.6. The van der Waals surface area contributed by atoms with Crippen LogP contribution in [-0.4, -0.2) is 18.6 Å². The number of nitrogens with one attached hydrogen (secondary N) is 1. The average molecular weight is 440 g/mol. The van der Waals surface area contributed by atoms with E-state index in [2.05, 4.69) is 5.32 Å². The number of hydrogen-bond acceptors (Lipinski definition) is 5. The summed E-state index contributed by atoms with van der Waals surface area (Å²) in [7, 11) is 0. The summed E-state index contributed by atoms with van der Waals surface area (Å²) >= 11 is 0. The number of imide groups is 1. The molecule has 0 fully saturated rings. The van der Waals surface area contributed by atoms with Crippen molar-refractivity contribution < 1.29 is 19.1 Å². The third kappa shape index (κ3) is 3.53. The first-order valence-electron chi connectivity index (χ1n) is 10.8. The summed E-state index contributed by atoms with van der Waals surface area (Å²) in [5.74, 6) is 0.315. The summed E-state index contributed by atoms with van der Waals surface area (Å²) in [6.45, 7) is 8.11. The quantitative estimate of drug-likeness (QED) is 0.576. The molecular weight excluding hydrogens is 416 g/mol. The summed E-state index contributed by atoms with van der Waals surface area (Å²) in [6.07, 6.45) is 0. The molecule has 0 aromatic heterocycles. The van der Waals surface area contributed by atoms with E-state index in [9.17, 15) is 9.59 Å². The van der Waals surface area contributed by atoms with Crippen molar-refractivity contribution in [3.05, 3.63) is 88.1 Å². The van der Waals surface area contributed by atoms with Crippen molar-refractivity contribution in [1.82, 2.24) is 0 Å². The van der Waals surface area contributed by atoms with E-state index < -0.39 is 5.91 Å². The Hall–Kier alpha value is -4.06. The molecule has 2 amide bonds. The fraction of sp³-hybridized carbons (Fsp3) is 0.185. The van der Waals surface area contributed by atoms with Crippen molar-refractivity contribution in [3.63, 3.8) is 0 Å². The van der Waals surface area contributed by atoms with E-state index in [0.29, 0.717) is 22.8 Å². The molecule has 6 heteroatoms. The first kappa shape index (κ1) is 20.8. The van der Waals surface area contributed by atoms with Crippen LogP contribution < -0.4 is 19.7 Å². The number of carbonyl (C=O) groups is 2. The summed E-state index contributed by atoms with van der Waals surface area (Å²) < 4.78 is 10.8. The lowest BCUT2D eigenvalue weighted by molar-refractivity contribution is -0.120. The van der Waals surface area contributed by atoms with Gasteiger partial charge in [-0.15, -0.1) is 0 Å². The first-order valence-corrected chi connectivity index (χ1v) is 10.8. The highest BCUT2D eigenvalue weighted by atomic mass is 16.7. The van der Waals surface area contributed by atoms with Gasteiger partial charge in [0.05, 0.1) is 11.3 Å². The van der Waals surface area contributed by atoms with Crippen molar-refractivity contribution >= 4 is 28.8 Å². The minimum Gasteiger partial charge on any atom is -0.454 e. The van der Waals surface area contributed by atoms with Gasteiger partial charge in [0, 0.05) is 11.8 Å². The summed E-state index contributed by atoms with van der Waals surface area (Å²) in [6, 6.07) is 16.8. The maximum absolute atomic E-state index is 13.7. The van der Waals surface area contributed by atoms with Crippen LogP contribution in [0.25, 0.3) is 5.57 Å². The molecule has 2 heterocycles. The Morgan fingerprint density at radius 1 is 0.758 bits per heavy atom. The monoisotopic (exact) mass is 440 g/mol. The zero-order valence-electron chi connectivity index (χ0n) is 19.0. The first-order chi connectivity index (χ1) is 15.8. The number of rotatable bonds is 4. The fourth-order valence-corrected chi connectivity index (χ4v) is 4.21. The molecule has 0 saturated carbocycles. The SMILES string of the molecule is Cc1ccc(C2=C(Nc3ccc(C)c(C)c3)C(=O)N(c3ccc4c(c3)OCO4)C2=O)c(C)c1. The van der Waals surface area contributed by atoms with Crippen molar-refractivity contribution in [2.45, 2.75) is 27.7 Å². The lowest BCUT2D eigenvalue weighted by Gasteiger charge is -2.16. The molecule has 0 aliphatic carbocycles. The lowest BCUT2D eigenvalue weighted by Crippen LogP contribution is -2.32. The molecule has 5 rings (SSSR count). The highest BCUT2D eigenvalue weighted by Crippen LogP contribution is 2.40. The standard InChI is InChI=1S/C27H24N2O4/c1-15-5-9-21(18(4)11-15)24-25(28-19-7-6-16(2)17(3)12-19)27(31)29(26(24)30)20-8-10-22-23(13-20)33-14-32-22/h5-13,28H,14H2,1-4H3. The number of benzene rings is 3. The van der Waals surface area contributed by atoms with Crippen LogP contribution in [0, 0.1) is 27.7 Å². The number of ether oxygens (including phenoxy) is 2. The van der Waals surface area contributed by atoms with Crippen molar-refractivity contribution in [3.8, 4) is 11.5 Å². The Labute approximate surface area is 192 Å². The van der Waals surface area contributed by atoms with Crippen LogP contribution in [0.5, 0.6) is 11.5 Å². The van der Waals surface area contributed by atoms with Crippen LogP contribution in [0.1, 0.15) is 27.8 Å². The molecule has 33 heavy (non-hydrogen) atoms. The molecule has 166 valence electrons. The Kier molecular flexibility index (Phi) is 4.93. The van der Waals surface area contributed by atoms with Gasteiger partial charge in [0.1, 0.15) is 5.70 Å². The predicted octanol–water partition coefficient (Wildman–Crippen LogP) is 5.05. The maximum Gasteiger partial charge on any atom is 0.282 e. The van der Waals surface area contributed by atoms with E-state index in [1.165, 1.54) is 4.90 Å². The van der Waals surface area contributed by atoms with Gasteiger partial charge in [-0.3, -0.25) is 9.59 Å². The lowest BCUT2D eigenvalue weighted by atomic mass is 9.97. The second-order valence-corrected chi connectivity index (χ2v) is 8.48. The molecule has 3 aromatic carbocycles. The van der Waals surface area contributed by atoms with E-state index in [-0.39, 0.29) is 18.4 Å². The van der Waals surface area contributed by atoms with Crippen LogP contribution in [0.15, 0.2) is 60.3 Å². The number of aryl methyl sites for hydroxylation is 4. The second-order valence-electron chi connectivity index (χ2n) is 8.48. The van der Waals surface area contributed by atoms with Crippen molar-refractivity contribution in [1.29, 1.82) is 0 Å². The second kappa shape index (κ2) is 7.81. The van der Waals surface area contributed by atoms with Crippen LogP contribution in [0.4, 0.5) is 11.4 Å². The molecule has 0 atom stereocenters. The van der Waals surface area contributed by atoms with Crippen LogP contribution in [0.3, 0.4) is 0 Å². The fourth-order valence-electron chi connectivity index (χ4n) is 4.21. The molecular formula is C27H24N2O4. The molecule has 3 aromatic rings. The Bertz CT molecular complexity index is 1360. The minimum atomic E-state index is -0.410. The van der Waals surface area contributed by atoms with Gasteiger partial charge in [-0.25, -0.2) is 4.90 Å². The Morgan fingerprint density at radius 2 is 1.55 bits per heavy atom. The van der Waals surface area contributed by atoms with Gasteiger partial charge in [-0.05, 0) is 74.2 Å². The summed E-state index contributed by atoms with van der Waals surface area (Å²) in [5, 5.41) is 3.24. The maximum atomic E-state index is 13.7. The van der Waals surface area contributed by atoms with E-state index in [0.717, 1.165) is 33.5 Å². The predicted molar refractivity (Wildman–Crippen MR) is 127 cm³/mol. The van der Waals surface area contributed by atoms with Gasteiger partial charge in [0.25, 0.3) is 11.8 Å². The number of amides is 2. The van der Waals surface area contributed by atoms with Crippen LogP contribution >= 0.6 is 0 Å². The highest BCUT2D eigenvalue weighted by Gasteiger charge is 2.41. The van der Waals surface area contributed by atoms with Gasteiger partial charge < -0.3 is 14.8 Å². The zero-order valence-corrected chi connectivity index (χ0v) is 19.0. The number of anilines is 2. The van der Waals surface area contributed by atoms with Crippen molar-refractivity contribution in [2.75, 3.05) is 17.0 Å².